The highest BCUT2D eigenvalue weighted by molar-refractivity contribution is 5.85. The third-order valence-corrected chi connectivity index (χ3v) is 1.01. The van der Waals surface area contributed by atoms with Gasteiger partial charge >= 0.3 is 0 Å². The molecule has 11 heavy (non-hydrogen) atoms. The zero-order chi connectivity index (χ0) is 8.20. The second-order valence-electron chi connectivity index (χ2n) is 3.59. The second kappa shape index (κ2) is 5.42. The first kappa shape index (κ1) is 13.4. The van der Waals surface area contributed by atoms with Crippen molar-refractivity contribution in [3.05, 3.63) is 0 Å². The quantitative estimate of drug-likeness (QED) is 0.513. The Bertz CT molecular complexity index is 118. The minimum absolute atomic E-state index is 0. The van der Waals surface area contributed by atoms with Crippen LogP contribution in [0, 0.1) is 10.8 Å². The van der Waals surface area contributed by atoms with Crippen LogP contribution in [0.3, 0.4) is 0 Å². The third-order valence-electron chi connectivity index (χ3n) is 1.01. The molecule has 0 amide bonds. The maximum absolute atomic E-state index is 7.32. The fraction of sp³-hybridized carbons (Fsp3) is 0.875. The number of hydrogen-bond donors (Lipinski definition) is 1. The van der Waals surface area contributed by atoms with Crippen molar-refractivity contribution in [1.29, 1.82) is 5.41 Å². The Morgan fingerprint density at radius 2 is 1.82 bits per heavy atom. The predicted octanol–water partition coefficient (Wildman–Crippen LogP) is 2.86. The molecule has 1 N–H and O–H groups in total. The van der Waals surface area contributed by atoms with Gasteiger partial charge in [-0.05, 0) is 12.3 Å². The zero-order valence-corrected chi connectivity index (χ0v) is 8.55. The van der Waals surface area contributed by atoms with Crippen molar-refractivity contribution in [3.8, 4) is 0 Å². The summed E-state index contributed by atoms with van der Waals surface area (Å²) in [6, 6.07) is 0. The normalized spacial score (nSPS) is 10.2. The van der Waals surface area contributed by atoms with Gasteiger partial charge in [-0.1, -0.05) is 20.8 Å². The van der Waals surface area contributed by atoms with Crippen molar-refractivity contribution >= 4 is 18.3 Å². The van der Waals surface area contributed by atoms with Crippen LogP contribution in [0.15, 0.2) is 0 Å². The first-order chi connectivity index (χ1) is 4.45. The molecule has 0 bridgehead atoms. The van der Waals surface area contributed by atoms with Gasteiger partial charge in [-0.2, -0.15) is 0 Å². The minimum Gasteiger partial charge on any atom is -0.481 e. The van der Waals surface area contributed by atoms with Crippen molar-refractivity contribution in [1.82, 2.24) is 0 Å². The molecule has 0 saturated heterocycles. The molecule has 0 heterocycles. The average Bonchev–Trinajstić information content (AvgIpc) is 1.59. The molecule has 0 aromatic rings. The van der Waals surface area contributed by atoms with E-state index in [9.17, 15) is 0 Å². The standard InChI is InChI=1S/C8H17NO.ClH/c1-5-10-7(9)6-8(2,3)4;/h9H,5-6H2,1-4H3;1H. The third kappa shape index (κ3) is 9.76. The van der Waals surface area contributed by atoms with Crippen LogP contribution in [0.25, 0.3) is 0 Å². The van der Waals surface area contributed by atoms with Crippen LogP contribution < -0.4 is 0 Å². The van der Waals surface area contributed by atoms with Gasteiger partial charge in [0.2, 0.25) is 0 Å². The first-order valence-corrected chi connectivity index (χ1v) is 3.66. The second-order valence-corrected chi connectivity index (χ2v) is 3.59. The van der Waals surface area contributed by atoms with E-state index in [2.05, 4.69) is 20.8 Å². The molecule has 68 valence electrons. The molecule has 0 spiro atoms. The largest absolute Gasteiger partial charge is 0.481 e. The fourth-order valence-electron chi connectivity index (χ4n) is 0.707. The first-order valence-electron chi connectivity index (χ1n) is 3.66. The predicted molar refractivity (Wildman–Crippen MR) is 50.7 cm³/mol. The number of halogens is 1. The van der Waals surface area contributed by atoms with Crippen LogP contribution in [0.1, 0.15) is 34.1 Å². The molecule has 2 nitrogen and oxygen atoms in total. The summed E-state index contributed by atoms with van der Waals surface area (Å²) in [5.41, 5.74) is 0.173. The van der Waals surface area contributed by atoms with E-state index in [0.717, 1.165) is 6.42 Å². The summed E-state index contributed by atoms with van der Waals surface area (Å²) >= 11 is 0. The molecule has 0 unspecified atom stereocenters. The maximum Gasteiger partial charge on any atom is 0.180 e. The SMILES string of the molecule is CCOC(=N)CC(C)(C)C.Cl. The molecule has 0 aromatic heterocycles. The van der Waals surface area contributed by atoms with Crippen LogP contribution in [0.2, 0.25) is 0 Å². The Morgan fingerprint density at radius 1 is 1.36 bits per heavy atom. The van der Waals surface area contributed by atoms with E-state index in [1.807, 2.05) is 6.92 Å². The van der Waals surface area contributed by atoms with Crippen LogP contribution in [0.5, 0.6) is 0 Å². The van der Waals surface area contributed by atoms with Crippen molar-refractivity contribution in [2.45, 2.75) is 34.1 Å². The van der Waals surface area contributed by atoms with E-state index < -0.39 is 0 Å². The van der Waals surface area contributed by atoms with Crippen LogP contribution in [0.4, 0.5) is 0 Å². The summed E-state index contributed by atoms with van der Waals surface area (Å²) in [6.45, 7) is 8.80. The van der Waals surface area contributed by atoms with E-state index in [0.29, 0.717) is 12.5 Å². The Hall–Kier alpha value is -0.240. The van der Waals surface area contributed by atoms with Gasteiger partial charge in [0.15, 0.2) is 5.90 Å². The smallest absolute Gasteiger partial charge is 0.180 e. The average molecular weight is 180 g/mol. The summed E-state index contributed by atoms with van der Waals surface area (Å²) in [7, 11) is 0. The lowest BCUT2D eigenvalue weighted by Gasteiger charge is -2.17. The lowest BCUT2D eigenvalue weighted by atomic mass is 9.92. The molecule has 0 fully saturated rings. The van der Waals surface area contributed by atoms with Crippen LogP contribution in [-0.4, -0.2) is 12.5 Å². The van der Waals surface area contributed by atoms with Crippen molar-refractivity contribution in [2.24, 2.45) is 5.41 Å². The minimum atomic E-state index is 0. The van der Waals surface area contributed by atoms with Gasteiger partial charge in [-0.3, -0.25) is 5.41 Å². The monoisotopic (exact) mass is 179 g/mol. The van der Waals surface area contributed by atoms with E-state index in [4.69, 9.17) is 10.1 Å². The van der Waals surface area contributed by atoms with Gasteiger partial charge in [0.25, 0.3) is 0 Å². The summed E-state index contributed by atoms with van der Waals surface area (Å²) in [6.07, 6.45) is 0.723. The molecule has 0 atom stereocenters. The topological polar surface area (TPSA) is 33.1 Å². The van der Waals surface area contributed by atoms with Crippen molar-refractivity contribution in [2.75, 3.05) is 6.61 Å². The van der Waals surface area contributed by atoms with Crippen LogP contribution in [-0.2, 0) is 4.74 Å². The van der Waals surface area contributed by atoms with Gasteiger partial charge in [-0.25, -0.2) is 0 Å². The van der Waals surface area contributed by atoms with Crippen molar-refractivity contribution in [3.63, 3.8) is 0 Å². The molecule has 0 radical (unpaired) electrons. The van der Waals surface area contributed by atoms with Crippen LogP contribution >= 0.6 is 12.4 Å². The Kier molecular flexibility index (Phi) is 6.58. The Balaban J connectivity index is 0. The summed E-state index contributed by atoms with van der Waals surface area (Å²) in [4.78, 5) is 0. The Morgan fingerprint density at radius 3 is 2.09 bits per heavy atom. The summed E-state index contributed by atoms with van der Waals surface area (Å²) < 4.78 is 5.00. The molecular formula is C8H18ClNO. The number of ether oxygens (including phenoxy) is 1. The summed E-state index contributed by atoms with van der Waals surface area (Å²) in [5.74, 6) is 0.398. The number of nitrogens with one attached hydrogen (secondary N) is 1. The van der Waals surface area contributed by atoms with Gasteiger partial charge in [-0.15, -0.1) is 12.4 Å². The van der Waals surface area contributed by atoms with E-state index in [1.165, 1.54) is 0 Å². The van der Waals surface area contributed by atoms with Gasteiger partial charge < -0.3 is 4.74 Å². The van der Waals surface area contributed by atoms with E-state index >= 15 is 0 Å². The lowest BCUT2D eigenvalue weighted by molar-refractivity contribution is 0.289. The Labute approximate surface area is 75.2 Å². The lowest BCUT2D eigenvalue weighted by Crippen LogP contribution is -2.14. The van der Waals surface area contributed by atoms with Gasteiger partial charge in [0.05, 0.1) is 6.61 Å². The molecule has 0 rings (SSSR count). The molecule has 3 heteroatoms. The van der Waals surface area contributed by atoms with Crippen molar-refractivity contribution < 1.29 is 4.74 Å². The fourth-order valence-corrected chi connectivity index (χ4v) is 0.707. The highest BCUT2D eigenvalue weighted by Gasteiger charge is 2.13. The molecule has 0 saturated carbocycles. The zero-order valence-electron chi connectivity index (χ0n) is 7.73. The molecular weight excluding hydrogens is 162 g/mol. The highest BCUT2D eigenvalue weighted by Crippen LogP contribution is 2.18. The molecule has 0 aliphatic rings. The number of rotatable bonds is 2. The van der Waals surface area contributed by atoms with E-state index in [1.54, 1.807) is 0 Å². The summed E-state index contributed by atoms with van der Waals surface area (Å²) in [5, 5.41) is 7.32. The van der Waals surface area contributed by atoms with E-state index in [-0.39, 0.29) is 17.8 Å². The number of hydrogen-bond acceptors (Lipinski definition) is 2. The van der Waals surface area contributed by atoms with Gasteiger partial charge in [0.1, 0.15) is 0 Å². The maximum atomic E-state index is 7.32. The molecule has 0 aliphatic carbocycles. The molecule has 0 aliphatic heterocycles. The highest BCUT2D eigenvalue weighted by atomic mass is 35.5. The molecule has 0 aromatic carbocycles. The van der Waals surface area contributed by atoms with Gasteiger partial charge in [0, 0.05) is 6.42 Å².